The first-order valence-electron chi connectivity index (χ1n) is 12.1. The van der Waals surface area contributed by atoms with Crippen molar-refractivity contribution in [3.05, 3.63) is 89.0 Å². The van der Waals surface area contributed by atoms with E-state index in [-0.39, 0.29) is 12.4 Å². The van der Waals surface area contributed by atoms with E-state index in [9.17, 15) is 4.39 Å². The minimum atomic E-state index is -0.298. The maximum Gasteiger partial charge on any atom is 0.141 e. The molecule has 0 aliphatic carbocycles. The molecule has 8 heteroatoms. The number of fused-ring (bicyclic) bond motifs is 1. The second-order valence-electron chi connectivity index (χ2n) is 9.02. The third kappa shape index (κ3) is 6.55. The molecule has 1 aliphatic heterocycles. The van der Waals surface area contributed by atoms with Crippen LogP contribution in [0.25, 0.3) is 10.9 Å². The van der Waals surface area contributed by atoms with Crippen molar-refractivity contribution in [1.82, 2.24) is 19.8 Å². The van der Waals surface area contributed by atoms with E-state index in [0.717, 1.165) is 60.4 Å². The van der Waals surface area contributed by atoms with Gasteiger partial charge >= 0.3 is 0 Å². The number of hydrogen-bond acceptors (Lipinski definition) is 6. The molecule has 4 aromatic rings. The average molecular weight is 516 g/mol. The quantitative estimate of drug-likeness (QED) is 0.350. The highest BCUT2D eigenvalue weighted by Gasteiger charge is 2.12. The molecule has 188 valence electrons. The number of nitrogens with one attached hydrogen (secondary N) is 1. The van der Waals surface area contributed by atoms with Gasteiger partial charge in [0.2, 0.25) is 0 Å². The molecule has 0 unspecified atom stereocenters. The van der Waals surface area contributed by atoms with Gasteiger partial charge in [-0.1, -0.05) is 35.6 Å². The number of ether oxygens (including phenoxy) is 1. The Labute approximate surface area is 221 Å². The minimum Gasteiger partial charge on any atom is -0.487 e. The molecule has 2 heterocycles. The second-order valence-corrected chi connectivity index (χ2v) is 9.43. The summed E-state index contributed by atoms with van der Waals surface area (Å²) in [5.41, 5.74) is 3.23. The van der Waals surface area contributed by atoms with Gasteiger partial charge in [0.05, 0.1) is 17.1 Å². The summed E-state index contributed by atoms with van der Waals surface area (Å²) in [7, 11) is 2.15. The molecule has 37 heavy (non-hydrogen) atoms. The normalized spacial score (nSPS) is 14.2. The molecule has 0 radical (unpaired) electrons. The third-order valence-corrected chi connectivity index (χ3v) is 6.54. The molecule has 1 N–H and O–H groups in total. The van der Waals surface area contributed by atoms with Crippen molar-refractivity contribution in [2.24, 2.45) is 0 Å². The van der Waals surface area contributed by atoms with Crippen molar-refractivity contribution in [2.45, 2.75) is 6.61 Å². The van der Waals surface area contributed by atoms with Crippen LogP contribution in [0.1, 0.15) is 11.1 Å². The monoisotopic (exact) mass is 515 g/mol. The Bertz CT molecular complexity index is 1460. The van der Waals surface area contributed by atoms with Crippen LogP contribution in [0.3, 0.4) is 0 Å². The molecule has 1 aromatic heterocycles. The third-order valence-electron chi connectivity index (χ3n) is 6.24. The molecule has 0 saturated carbocycles. The number of hydrogen-bond donors (Lipinski definition) is 1. The molecule has 6 nitrogen and oxygen atoms in total. The van der Waals surface area contributed by atoms with Crippen LogP contribution in [0.4, 0.5) is 15.9 Å². The van der Waals surface area contributed by atoms with E-state index in [1.807, 2.05) is 24.3 Å². The van der Waals surface area contributed by atoms with E-state index in [0.29, 0.717) is 16.6 Å². The zero-order chi connectivity index (χ0) is 25.6. The number of anilines is 2. The predicted octanol–water partition coefficient (Wildman–Crippen LogP) is 5.34. The van der Waals surface area contributed by atoms with Gasteiger partial charge in [-0.3, -0.25) is 4.90 Å². The van der Waals surface area contributed by atoms with Gasteiger partial charge in [0.15, 0.2) is 0 Å². The van der Waals surface area contributed by atoms with Crippen molar-refractivity contribution >= 4 is 34.0 Å². The number of piperazine rings is 1. The van der Waals surface area contributed by atoms with E-state index < -0.39 is 0 Å². The smallest absolute Gasteiger partial charge is 0.141 e. The lowest BCUT2D eigenvalue weighted by molar-refractivity contribution is 0.168. The van der Waals surface area contributed by atoms with E-state index in [2.05, 4.69) is 44.0 Å². The minimum absolute atomic E-state index is 0.222. The van der Waals surface area contributed by atoms with Gasteiger partial charge in [-0.05, 0) is 61.1 Å². The van der Waals surface area contributed by atoms with Gasteiger partial charge in [-0.2, -0.15) is 0 Å². The summed E-state index contributed by atoms with van der Waals surface area (Å²) in [6, 6.07) is 17.7. The highest BCUT2D eigenvalue weighted by Crippen LogP contribution is 2.31. The molecule has 1 saturated heterocycles. The van der Waals surface area contributed by atoms with Crippen LogP contribution in [-0.2, 0) is 6.61 Å². The molecular weight excluding hydrogens is 489 g/mol. The first-order chi connectivity index (χ1) is 18.0. The number of rotatable bonds is 6. The number of halogens is 2. The molecule has 0 amide bonds. The summed E-state index contributed by atoms with van der Waals surface area (Å²) in [5, 5.41) is 4.65. The van der Waals surface area contributed by atoms with Gasteiger partial charge in [-0.25, -0.2) is 14.4 Å². The first-order valence-corrected chi connectivity index (χ1v) is 12.5. The average Bonchev–Trinajstić information content (AvgIpc) is 2.90. The second kappa shape index (κ2) is 11.6. The highest BCUT2D eigenvalue weighted by atomic mass is 35.5. The van der Waals surface area contributed by atoms with E-state index >= 15 is 0 Å². The molecule has 5 rings (SSSR count). The van der Waals surface area contributed by atoms with Gasteiger partial charge in [0.1, 0.15) is 30.3 Å². The summed E-state index contributed by atoms with van der Waals surface area (Å²) in [4.78, 5) is 13.5. The fraction of sp³-hybridized carbons (Fsp3) is 0.241. The van der Waals surface area contributed by atoms with Gasteiger partial charge in [-0.15, -0.1) is 0 Å². The predicted molar refractivity (Wildman–Crippen MR) is 146 cm³/mol. The summed E-state index contributed by atoms with van der Waals surface area (Å²) in [5.74, 6) is 7.47. The lowest BCUT2D eigenvalue weighted by Crippen LogP contribution is -2.44. The molecule has 0 atom stereocenters. The molecule has 0 spiro atoms. The van der Waals surface area contributed by atoms with Crippen molar-refractivity contribution in [3.8, 4) is 17.6 Å². The summed E-state index contributed by atoms with van der Waals surface area (Å²) in [6.07, 6.45) is 1.53. The lowest BCUT2D eigenvalue weighted by atomic mass is 10.1. The zero-order valence-corrected chi connectivity index (χ0v) is 21.3. The Hall–Kier alpha value is -3.70. The SMILES string of the molecule is CN1CCN(CC#Cc2ccc3ncnc(Nc4ccc(OCc5cccc(F)c5)c(Cl)c4)c3c2)CC1. The number of nitrogens with zero attached hydrogens (tertiary/aromatic N) is 4. The summed E-state index contributed by atoms with van der Waals surface area (Å²) >= 11 is 6.47. The molecule has 1 fully saturated rings. The number of aromatic nitrogens is 2. The fourth-order valence-electron chi connectivity index (χ4n) is 4.11. The van der Waals surface area contributed by atoms with Crippen LogP contribution in [0.15, 0.2) is 67.0 Å². The van der Waals surface area contributed by atoms with E-state index in [4.69, 9.17) is 16.3 Å². The van der Waals surface area contributed by atoms with E-state index in [1.165, 1.54) is 18.5 Å². The van der Waals surface area contributed by atoms with Crippen molar-refractivity contribution in [1.29, 1.82) is 0 Å². The summed E-state index contributed by atoms with van der Waals surface area (Å²) in [6.45, 7) is 5.22. The van der Waals surface area contributed by atoms with Crippen LogP contribution in [0.5, 0.6) is 5.75 Å². The Kier molecular flexibility index (Phi) is 7.81. The van der Waals surface area contributed by atoms with Crippen LogP contribution < -0.4 is 10.1 Å². The zero-order valence-electron chi connectivity index (χ0n) is 20.5. The number of likely N-dealkylation sites (N-methyl/N-ethyl adjacent to an activating group) is 1. The van der Waals surface area contributed by atoms with Crippen LogP contribution in [0.2, 0.25) is 5.02 Å². The fourth-order valence-corrected chi connectivity index (χ4v) is 4.35. The van der Waals surface area contributed by atoms with Gasteiger partial charge in [0, 0.05) is 42.8 Å². The summed E-state index contributed by atoms with van der Waals surface area (Å²) < 4.78 is 19.2. The van der Waals surface area contributed by atoms with Crippen LogP contribution in [-0.4, -0.2) is 59.5 Å². The Morgan fingerprint density at radius 2 is 1.89 bits per heavy atom. The molecule has 3 aromatic carbocycles. The van der Waals surface area contributed by atoms with Gasteiger partial charge in [0.25, 0.3) is 0 Å². The van der Waals surface area contributed by atoms with Crippen LogP contribution >= 0.6 is 11.6 Å². The van der Waals surface area contributed by atoms with Crippen molar-refractivity contribution in [3.63, 3.8) is 0 Å². The lowest BCUT2D eigenvalue weighted by Gasteiger charge is -2.30. The first kappa shape index (κ1) is 25.0. The molecule has 0 bridgehead atoms. The number of benzene rings is 3. The Morgan fingerprint density at radius 3 is 2.70 bits per heavy atom. The molecular formula is C29H27ClFN5O. The largest absolute Gasteiger partial charge is 0.487 e. The standard InChI is InChI=1S/C29H27ClFN5O/c1-35-12-14-36(15-13-35)11-3-5-21-7-9-27-25(17-21)29(33-20-32-27)34-24-8-10-28(26(30)18-24)37-19-22-4-2-6-23(31)16-22/h2,4,6-10,16-18,20H,11-15,19H2,1H3,(H,32,33,34). The van der Waals surface area contributed by atoms with E-state index in [1.54, 1.807) is 24.3 Å². The highest BCUT2D eigenvalue weighted by molar-refractivity contribution is 6.32. The van der Waals surface area contributed by atoms with Crippen molar-refractivity contribution in [2.75, 3.05) is 45.1 Å². The van der Waals surface area contributed by atoms with Gasteiger partial charge < -0.3 is 15.0 Å². The Balaban J connectivity index is 1.28. The Morgan fingerprint density at radius 1 is 1.03 bits per heavy atom. The maximum atomic E-state index is 13.4. The maximum absolute atomic E-state index is 13.4. The topological polar surface area (TPSA) is 53.5 Å². The van der Waals surface area contributed by atoms with Crippen molar-refractivity contribution < 1.29 is 9.13 Å². The van der Waals surface area contributed by atoms with Crippen LogP contribution in [0, 0.1) is 17.7 Å². The molecule has 1 aliphatic rings.